The van der Waals surface area contributed by atoms with E-state index in [2.05, 4.69) is 0 Å². The molecule has 0 heterocycles. The topological polar surface area (TPSA) is 123 Å². The van der Waals surface area contributed by atoms with Crippen molar-refractivity contribution in [2.24, 2.45) is 0 Å². The SMILES string of the molecule is CN(F)CCOC(CO)C(O)C(O)C(CO)Oc1ccc(O)cc1. The highest BCUT2D eigenvalue weighted by molar-refractivity contribution is 5.30. The lowest BCUT2D eigenvalue weighted by molar-refractivity contribution is -0.140. The van der Waals surface area contributed by atoms with E-state index in [0.29, 0.717) is 5.12 Å². The maximum absolute atomic E-state index is 12.6. The monoisotopic (exact) mass is 349 g/mol. The molecule has 0 saturated carbocycles. The second-order valence-corrected chi connectivity index (χ2v) is 5.23. The molecule has 0 saturated heterocycles. The van der Waals surface area contributed by atoms with E-state index in [0.717, 1.165) is 0 Å². The van der Waals surface area contributed by atoms with E-state index in [1.165, 1.54) is 31.3 Å². The number of aromatic hydroxyl groups is 1. The van der Waals surface area contributed by atoms with Gasteiger partial charge in [0, 0.05) is 7.05 Å². The molecule has 0 aromatic heterocycles. The van der Waals surface area contributed by atoms with Crippen LogP contribution in [0.3, 0.4) is 0 Å². The Morgan fingerprint density at radius 1 is 1.04 bits per heavy atom. The van der Waals surface area contributed by atoms with Crippen molar-refractivity contribution in [3.8, 4) is 11.5 Å². The summed E-state index contributed by atoms with van der Waals surface area (Å²) in [6.45, 7) is -1.40. The van der Waals surface area contributed by atoms with Gasteiger partial charge in [-0.1, -0.05) is 0 Å². The number of ether oxygens (including phenoxy) is 2. The fourth-order valence-corrected chi connectivity index (χ4v) is 1.94. The lowest BCUT2D eigenvalue weighted by atomic mass is 10.0. The Balaban J connectivity index is 2.64. The summed E-state index contributed by atoms with van der Waals surface area (Å²) >= 11 is 0. The van der Waals surface area contributed by atoms with Crippen LogP contribution in [0.2, 0.25) is 0 Å². The lowest BCUT2D eigenvalue weighted by Gasteiger charge is -2.30. The van der Waals surface area contributed by atoms with Gasteiger partial charge in [0.05, 0.1) is 26.4 Å². The number of rotatable bonds is 11. The zero-order valence-electron chi connectivity index (χ0n) is 13.3. The summed E-state index contributed by atoms with van der Waals surface area (Å²) < 4.78 is 23.1. The normalized spacial score (nSPS) is 16.6. The Morgan fingerprint density at radius 3 is 2.08 bits per heavy atom. The van der Waals surface area contributed by atoms with Gasteiger partial charge in [-0.25, -0.2) is 0 Å². The lowest BCUT2D eigenvalue weighted by Crippen LogP contribution is -2.50. The Labute approximate surface area is 139 Å². The van der Waals surface area contributed by atoms with Gasteiger partial charge in [0.15, 0.2) is 6.10 Å². The molecule has 0 bridgehead atoms. The number of phenolic OH excluding ortho intramolecular Hbond substituents is 1. The van der Waals surface area contributed by atoms with E-state index < -0.39 is 37.6 Å². The number of aliphatic hydroxyl groups is 4. The zero-order valence-corrected chi connectivity index (χ0v) is 13.3. The smallest absolute Gasteiger partial charge is 0.150 e. The van der Waals surface area contributed by atoms with Crippen molar-refractivity contribution in [3.63, 3.8) is 0 Å². The number of phenols is 1. The average molecular weight is 349 g/mol. The first kappa shape index (κ1) is 20.6. The third kappa shape index (κ3) is 6.56. The number of hydrogen-bond donors (Lipinski definition) is 5. The van der Waals surface area contributed by atoms with Crippen molar-refractivity contribution < 1.29 is 39.5 Å². The van der Waals surface area contributed by atoms with Crippen LogP contribution in [0.25, 0.3) is 0 Å². The maximum Gasteiger partial charge on any atom is 0.150 e. The van der Waals surface area contributed by atoms with Crippen molar-refractivity contribution in [2.75, 3.05) is 33.4 Å². The zero-order chi connectivity index (χ0) is 18.1. The molecular weight excluding hydrogens is 325 g/mol. The van der Waals surface area contributed by atoms with Gasteiger partial charge in [-0.3, -0.25) is 0 Å². The molecule has 1 aromatic carbocycles. The summed E-state index contributed by atoms with van der Waals surface area (Å²) in [6, 6.07) is 5.57. The highest BCUT2D eigenvalue weighted by Crippen LogP contribution is 2.19. The maximum atomic E-state index is 12.6. The summed E-state index contributed by atoms with van der Waals surface area (Å²) in [7, 11) is 1.19. The first-order valence-corrected chi connectivity index (χ1v) is 7.41. The molecule has 4 atom stereocenters. The quantitative estimate of drug-likeness (QED) is 0.324. The van der Waals surface area contributed by atoms with Crippen LogP contribution in [0.5, 0.6) is 11.5 Å². The molecule has 24 heavy (non-hydrogen) atoms. The molecule has 8 nitrogen and oxygen atoms in total. The van der Waals surface area contributed by atoms with Gasteiger partial charge in [-0.05, 0) is 24.3 Å². The van der Waals surface area contributed by atoms with Crippen LogP contribution in [-0.4, -0.2) is 88.5 Å². The number of aliphatic hydroxyl groups excluding tert-OH is 4. The molecular formula is C15H24FNO7. The number of benzene rings is 1. The standard InChI is InChI=1S/C15H24FNO7/c1-17(16)6-7-23-12(8-18)14(21)15(22)13(9-19)24-11-4-2-10(20)3-5-11/h2-5,12-15,18-22H,6-9H2,1H3. The van der Waals surface area contributed by atoms with E-state index in [-0.39, 0.29) is 24.7 Å². The van der Waals surface area contributed by atoms with Crippen molar-refractivity contribution >= 4 is 0 Å². The molecule has 138 valence electrons. The summed E-state index contributed by atoms with van der Waals surface area (Å²) in [5.41, 5.74) is 0. The van der Waals surface area contributed by atoms with Crippen molar-refractivity contribution in [1.82, 2.24) is 5.12 Å². The van der Waals surface area contributed by atoms with Crippen LogP contribution in [0.4, 0.5) is 4.48 Å². The molecule has 9 heteroatoms. The molecule has 5 N–H and O–H groups in total. The molecule has 0 amide bonds. The Kier molecular flexibility index (Phi) is 8.90. The summed E-state index contributed by atoms with van der Waals surface area (Å²) in [4.78, 5) is 0. The van der Waals surface area contributed by atoms with Crippen LogP contribution in [0.15, 0.2) is 24.3 Å². The highest BCUT2D eigenvalue weighted by Gasteiger charge is 2.33. The molecule has 0 fully saturated rings. The van der Waals surface area contributed by atoms with Gasteiger partial charge < -0.3 is 35.0 Å². The van der Waals surface area contributed by atoms with Gasteiger partial charge in [0.2, 0.25) is 0 Å². The van der Waals surface area contributed by atoms with Crippen LogP contribution in [-0.2, 0) is 4.74 Å². The van der Waals surface area contributed by atoms with Gasteiger partial charge in [0.25, 0.3) is 0 Å². The second-order valence-electron chi connectivity index (χ2n) is 5.23. The minimum Gasteiger partial charge on any atom is -0.508 e. The van der Waals surface area contributed by atoms with E-state index in [1.54, 1.807) is 0 Å². The van der Waals surface area contributed by atoms with Crippen molar-refractivity contribution in [2.45, 2.75) is 24.4 Å². The molecule has 4 unspecified atom stereocenters. The van der Waals surface area contributed by atoms with Crippen molar-refractivity contribution in [3.05, 3.63) is 24.3 Å². The molecule has 0 radical (unpaired) electrons. The molecule has 1 rings (SSSR count). The minimum absolute atomic E-state index is 0.0232. The Bertz CT molecular complexity index is 460. The third-order valence-electron chi connectivity index (χ3n) is 3.33. The van der Waals surface area contributed by atoms with Crippen LogP contribution < -0.4 is 4.74 Å². The van der Waals surface area contributed by atoms with Gasteiger partial charge in [0.1, 0.15) is 29.8 Å². The van der Waals surface area contributed by atoms with Gasteiger partial charge in [-0.15, -0.1) is 9.60 Å². The third-order valence-corrected chi connectivity index (χ3v) is 3.33. The highest BCUT2D eigenvalue weighted by atomic mass is 19.2. The number of hydrogen-bond acceptors (Lipinski definition) is 8. The van der Waals surface area contributed by atoms with E-state index in [1.807, 2.05) is 0 Å². The predicted molar refractivity (Wildman–Crippen MR) is 82.2 cm³/mol. The fraction of sp³-hybridized carbons (Fsp3) is 0.600. The largest absolute Gasteiger partial charge is 0.508 e. The molecule has 1 aromatic rings. The average Bonchev–Trinajstić information content (AvgIpc) is 2.56. The van der Waals surface area contributed by atoms with E-state index in [9.17, 15) is 30.0 Å². The molecule has 0 aliphatic heterocycles. The van der Waals surface area contributed by atoms with Gasteiger partial charge >= 0.3 is 0 Å². The van der Waals surface area contributed by atoms with Crippen molar-refractivity contribution in [1.29, 1.82) is 0 Å². The minimum atomic E-state index is -1.57. The predicted octanol–water partition coefficient (Wildman–Crippen LogP) is -0.953. The van der Waals surface area contributed by atoms with Crippen LogP contribution in [0, 0.1) is 0 Å². The number of nitrogens with zero attached hydrogens (tertiary/aromatic N) is 1. The summed E-state index contributed by atoms with van der Waals surface area (Å²) in [5, 5.41) is 48.4. The summed E-state index contributed by atoms with van der Waals surface area (Å²) in [6.07, 6.45) is -5.48. The Hall–Kier alpha value is -1.49. The number of halogens is 1. The first-order chi connectivity index (χ1) is 11.4. The van der Waals surface area contributed by atoms with Crippen LogP contribution in [0.1, 0.15) is 0 Å². The molecule has 0 aliphatic rings. The first-order valence-electron chi connectivity index (χ1n) is 7.41. The van der Waals surface area contributed by atoms with Crippen LogP contribution >= 0.6 is 0 Å². The summed E-state index contributed by atoms with van der Waals surface area (Å²) in [5.74, 6) is 0.286. The molecule has 0 spiro atoms. The molecule has 0 aliphatic carbocycles. The van der Waals surface area contributed by atoms with E-state index in [4.69, 9.17) is 9.47 Å². The second kappa shape index (κ2) is 10.4. The van der Waals surface area contributed by atoms with E-state index >= 15 is 0 Å². The Morgan fingerprint density at radius 2 is 1.58 bits per heavy atom. The fourth-order valence-electron chi connectivity index (χ4n) is 1.94. The number of likely N-dealkylation sites (N-methyl/N-ethyl adjacent to an activating group) is 1. The van der Waals surface area contributed by atoms with Gasteiger partial charge in [-0.2, -0.15) is 0 Å².